The van der Waals surface area contributed by atoms with Gasteiger partial charge in [-0.2, -0.15) is 0 Å². The molecule has 0 radical (unpaired) electrons. The van der Waals surface area contributed by atoms with E-state index in [1.165, 1.54) is 17.5 Å². The number of hydrogen-bond acceptors (Lipinski definition) is 8. The monoisotopic (exact) mass is 615 g/mol. The van der Waals surface area contributed by atoms with Gasteiger partial charge in [-0.1, -0.05) is 48.5 Å². The van der Waals surface area contributed by atoms with E-state index < -0.39 is 22.0 Å². The first-order valence-electron chi connectivity index (χ1n) is 15.2. The first kappa shape index (κ1) is 30.0. The van der Waals surface area contributed by atoms with Gasteiger partial charge in [-0.05, 0) is 54.9 Å². The molecule has 0 spiro atoms. The molecule has 3 aromatic rings. The first-order valence-corrected chi connectivity index (χ1v) is 17.0. The average molecular weight is 616 g/mol. The van der Waals surface area contributed by atoms with Crippen molar-refractivity contribution < 1.29 is 22.7 Å². The van der Waals surface area contributed by atoms with Crippen molar-refractivity contribution in [1.29, 1.82) is 0 Å². The Labute approximate surface area is 258 Å². The van der Waals surface area contributed by atoms with Gasteiger partial charge in [0.1, 0.15) is 18.5 Å². The zero-order valence-electron chi connectivity index (χ0n) is 25.1. The molecule has 2 aliphatic heterocycles. The highest BCUT2D eigenvalue weighted by Crippen LogP contribution is 2.43. The topological polar surface area (TPSA) is 106 Å². The Bertz CT molecular complexity index is 1690. The minimum Gasteiger partial charge on any atom is -0.445 e. The number of piperazine rings is 1. The molecule has 1 saturated heterocycles. The second-order valence-electron chi connectivity index (χ2n) is 11.8. The Kier molecular flexibility index (Phi) is 8.56. The molecule has 44 heavy (non-hydrogen) atoms. The van der Waals surface area contributed by atoms with Crippen LogP contribution in [0.5, 0.6) is 0 Å². The van der Waals surface area contributed by atoms with Gasteiger partial charge in [0.15, 0.2) is 0 Å². The van der Waals surface area contributed by atoms with E-state index in [1.54, 1.807) is 4.90 Å². The highest BCUT2D eigenvalue weighted by atomic mass is 32.2. The second kappa shape index (κ2) is 12.5. The van der Waals surface area contributed by atoms with Crippen LogP contribution in [0.1, 0.15) is 65.5 Å². The fourth-order valence-corrected chi connectivity index (χ4v) is 7.17. The zero-order chi connectivity index (χ0) is 30.8. The van der Waals surface area contributed by atoms with E-state index in [9.17, 15) is 13.2 Å². The number of ether oxygens (including phenoxy) is 2. The number of rotatable bonds is 6. The molecule has 10 nitrogen and oxygen atoms in total. The van der Waals surface area contributed by atoms with E-state index >= 15 is 0 Å². The van der Waals surface area contributed by atoms with Crippen LogP contribution in [0.2, 0.25) is 0 Å². The fourth-order valence-electron chi connectivity index (χ4n) is 6.65. The quantitative estimate of drug-likeness (QED) is 0.285. The normalized spacial score (nSPS) is 21.6. The van der Waals surface area contributed by atoms with Crippen LogP contribution in [0, 0.1) is 6.57 Å². The summed E-state index contributed by atoms with van der Waals surface area (Å²) in [7, 11) is -3.72. The maximum absolute atomic E-state index is 13.1. The summed E-state index contributed by atoms with van der Waals surface area (Å²) in [6, 6.07) is 15.4. The van der Waals surface area contributed by atoms with Gasteiger partial charge in [0.05, 0.1) is 17.9 Å². The average Bonchev–Trinajstić information content (AvgIpc) is 3.03. The predicted octanol–water partition coefficient (Wildman–Crippen LogP) is 4.88. The number of amides is 1. The highest BCUT2D eigenvalue weighted by molar-refractivity contribution is 7.90. The lowest BCUT2D eigenvalue weighted by atomic mass is 9.84. The van der Waals surface area contributed by atoms with Crippen LogP contribution in [-0.4, -0.2) is 67.9 Å². The van der Waals surface area contributed by atoms with Crippen LogP contribution in [0.15, 0.2) is 53.7 Å². The Morgan fingerprint density at radius 1 is 1.09 bits per heavy atom. The number of sulfone groups is 1. The van der Waals surface area contributed by atoms with Crippen LogP contribution in [-0.2, 0) is 45.2 Å². The molecule has 3 aliphatic rings. The number of anilines is 1. The van der Waals surface area contributed by atoms with E-state index in [2.05, 4.69) is 33.0 Å². The summed E-state index contributed by atoms with van der Waals surface area (Å²) in [5, 5.41) is -0.222. The number of carbonyl (C=O) groups is 1. The predicted molar refractivity (Wildman–Crippen MR) is 165 cm³/mol. The maximum Gasteiger partial charge on any atom is 0.410 e. The number of nitrogens with zero attached hydrogens (tertiary/aromatic N) is 5. The summed E-state index contributed by atoms with van der Waals surface area (Å²) in [5.74, 6) is 0.490. The van der Waals surface area contributed by atoms with Crippen LogP contribution < -0.4 is 4.90 Å². The molecule has 3 atom stereocenters. The molecule has 11 heteroatoms. The molecule has 1 aromatic heterocycles. The Balaban J connectivity index is 1.29. The molecular formula is C33H37N5O5S. The number of fused-ring (bicyclic) bond motifs is 2. The van der Waals surface area contributed by atoms with Crippen LogP contribution in [0.3, 0.4) is 0 Å². The lowest BCUT2D eigenvalue weighted by Gasteiger charge is -2.41. The first-order chi connectivity index (χ1) is 21.2. The smallest absolute Gasteiger partial charge is 0.410 e. The van der Waals surface area contributed by atoms with E-state index in [1.807, 2.05) is 42.2 Å². The van der Waals surface area contributed by atoms with E-state index in [-0.39, 0.29) is 30.5 Å². The van der Waals surface area contributed by atoms with Gasteiger partial charge in [0, 0.05) is 37.9 Å². The van der Waals surface area contributed by atoms with Crippen molar-refractivity contribution in [2.75, 3.05) is 37.3 Å². The molecule has 1 fully saturated rings. The van der Waals surface area contributed by atoms with Gasteiger partial charge in [-0.3, -0.25) is 4.90 Å². The van der Waals surface area contributed by atoms with Gasteiger partial charge >= 0.3 is 6.09 Å². The molecule has 3 heterocycles. The summed E-state index contributed by atoms with van der Waals surface area (Å²) in [6.07, 6.45) is 4.84. The van der Waals surface area contributed by atoms with E-state index in [0.717, 1.165) is 42.2 Å². The Hall–Kier alpha value is -4.01. The molecule has 6 rings (SSSR count). The lowest BCUT2D eigenvalue weighted by Crippen LogP contribution is -2.57. The van der Waals surface area contributed by atoms with Crippen LogP contribution in [0.25, 0.3) is 4.85 Å². The number of aromatic nitrogens is 2. The Morgan fingerprint density at radius 2 is 1.89 bits per heavy atom. The molecule has 1 aliphatic carbocycles. The molecular weight excluding hydrogens is 578 g/mol. The van der Waals surface area contributed by atoms with Gasteiger partial charge in [0.2, 0.25) is 21.5 Å². The van der Waals surface area contributed by atoms with Crippen molar-refractivity contribution in [3.05, 3.63) is 93.5 Å². The molecule has 0 N–H and O–H groups in total. The van der Waals surface area contributed by atoms with E-state index in [0.29, 0.717) is 37.6 Å². The van der Waals surface area contributed by atoms with Gasteiger partial charge in [-0.15, -0.1) is 0 Å². The van der Waals surface area contributed by atoms with Crippen molar-refractivity contribution >= 4 is 21.7 Å². The number of aryl methyl sites for hydroxylation is 1. The summed E-state index contributed by atoms with van der Waals surface area (Å²) in [6.45, 7) is 10.7. The largest absolute Gasteiger partial charge is 0.445 e. The Morgan fingerprint density at radius 3 is 2.66 bits per heavy atom. The fraction of sp³-hybridized carbons (Fsp3) is 0.455. The summed E-state index contributed by atoms with van der Waals surface area (Å²) >= 11 is 0. The standard InChI is InChI=1S/C33H37N5O5S/c1-22-30-28(18-29(43-22)27-15-9-13-24-12-7-8-14-26(24)27)35-32(44(3,40)41)36-31(30)37-16-17-38(25(20-37)19-34-2)33(39)42-21-23-10-5-4-6-11-23/h4-6,9-11,13,15,22,25,29H,7-8,12,14,16-21H2,1,3H3/t22?,25-,29?/m0/s1. The van der Waals surface area contributed by atoms with Crippen molar-refractivity contribution in [2.24, 2.45) is 0 Å². The van der Waals surface area contributed by atoms with Gasteiger partial charge in [-0.25, -0.2) is 29.8 Å². The number of hydrogen-bond donors (Lipinski definition) is 0. The summed E-state index contributed by atoms with van der Waals surface area (Å²) in [4.78, 5) is 29.4. The summed E-state index contributed by atoms with van der Waals surface area (Å²) in [5.41, 5.74) is 6.17. The zero-order valence-corrected chi connectivity index (χ0v) is 25.9. The minimum absolute atomic E-state index is 0.0798. The SMILES string of the molecule is [C-]#[N+]C[C@H]1CN(c2nc(S(C)(=O)=O)nc3c2C(C)OC(c2cccc4c2CCCC4)C3)CCN1C(=O)OCc1ccccc1. The molecule has 2 unspecified atom stereocenters. The lowest BCUT2D eigenvalue weighted by molar-refractivity contribution is -0.0193. The minimum atomic E-state index is -3.72. The van der Waals surface area contributed by atoms with Crippen molar-refractivity contribution in [3.8, 4) is 0 Å². The third kappa shape index (κ3) is 6.14. The van der Waals surface area contributed by atoms with Crippen molar-refractivity contribution in [2.45, 2.75) is 69.0 Å². The summed E-state index contributed by atoms with van der Waals surface area (Å²) < 4.78 is 37.8. The highest BCUT2D eigenvalue weighted by Gasteiger charge is 2.39. The van der Waals surface area contributed by atoms with Crippen molar-refractivity contribution in [3.63, 3.8) is 0 Å². The molecule has 0 saturated carbocycles. The molecule has 0 bridgehead atoms. The van der Waals surface area contributed by atoms with Gasteiger partial charge in [0.25, 0.3) is 0 Å². The second-order valence-corrected chi connectivity index (χ2v) is 13.7. The number of carbonyl (C=O) groups excluding carboxylic acids is 1. The third-order valence-electron chi connectivity index (χ3n) is 8.77. The maximum atomic E-state index is 13.1. The van der Waals surface area contributed by atoms with Crippen LogP contribution in [0.4, 0.5) is 10.6 Å². The third-order valence-corrected chi connectivity index (χ3v) is 9.62. The van der Waals surface area contributed by atoms with Crippen LogP contribution >= 0.6 is 0 Å². The van der Waals surface area contributed by atoms with Crippen molar-refractivity contribution in [1.82, 2.24) is 14.9 Å². The van der Waals surface area contributed by atoms with E-state index in [4.69, 9.17) is 16.0 Å². The molecule has 1 amide bonds. The number of benzene rings is 2. The van der Waals surface area contributed by atoms with Gasteiger partial charge < -0.3 is 19.2 Å². The molecule has 2 aromatic carbocycles. The molecule has 230 valence electrons.